The highest BCUT2D eigenvalue weighted by Crippen LogP contribution is 2.30. The molecule has 0 aliphatic rings. The molecular weight excluding hydrogens is 1290 g/mol. The van der Waals surface area contributed by atoms with Gasteiger partial charge in [-0.05, 0) is 199 Å². The summed E-state index contributed by atoms with van der Waals surface area (Å²) in [6.07, 6.45) is 2.17. The van der Waals surface area contributed by atoms with Crippen LogP contribution in [-0.2, 0) is 9.47 Å². The number of halogens is 1. The lowest BCUT2D eigenvalue weighted by Crippen LogP contribution is -2.36. The Hall–Kier alpha value is -11.2. The molecule has 3 amide bonds. The highest BCUT2D eigenvalue weighted by Gasteiger charge is 2.27. The van der Waals surface area contributed by atoms with E-state index >= 15 is 0 Å². The van der Waals surface area contributed by atoms with Crippen LogP contribution in [0.15, 0.2) is 197 Å². The van der Waals surface area contributed by atoms with Crippen LogP contribution in [0.1, 0.15) is 175 Å². The van der Waals surface area contributed by atoms with Crippen LogP contribution < -0.4 is 38.4 Å². The molecule has 0 spiro atoms. The van der Waals surface area contributed by atoms with Gasteiger partial charge < -0.3 is 31.2 Å². The lowest BCUT2D eigenvalue weighted by atomic mass is 9.96. The van der Waals surface area contributed by atoms with E-state index in [1.807, 2.05) is 235 Å². The van der Waals surface area contributed by atoms with Crippen LogP contribution in [-0.4, -0.2) is 57.6 Å². The van der Waals surface area contributed by atoms with Crippen molar-refractivity contribution in [3.05, 3.63) is 252 Å². The van der Waals surface area contributed by atoms with Gasteiger partial charge in [-0.1, -0.05) is 141 Å². The Morgan fingerprint density at radius 1 is 0.485 bits per heavy atom. The Morgan fingerprint density at radius 2 is 0.842 bits per heavy atom. The Kier molecular flexibility index (Phi) is 24.3. The lowest BCUT2D eigenvalue weighted by molar-refractivity contribution is 0.0494. The number of hydrogen-bond donors (Lipinski definition) is 4. The van der Waals surface area contributed by atoms with Crippen molar-refractivity contribution in [3.8, 4) is 40.7 Å². The first kappa shape index (κ1) is 77.1. The summed E-state index contributed by atoms with van der Waals surface area (Å²) in [5, 5.41) is 17.0. The van der Waals surface area contributed by atoms with Crippen molar-refractivity contribution in [2.24, 2.45) is 10.8 Å². The molecule has 0 aliphatic heterocycles. The molecule has 0 saturated heterocycles. The number of nitrogens with two attached hydrogens (primary N) is 1. The van der Waals surface area contributed by atoms with E-state index in [2.05, 4.69) is 49.7 Å². The minimum absolute atomic E-state index is 0. The minimum Gasteiger partial charge on any atom is -0.444 e. The summed E-state index contributed by atoms with van der Waals surface area (Å²) in [6, 6.07) is 50.6. The van der Waals surface area contributed by atoms with Crippen LogP contribution in [0, 0.1) is 34.5 Å². The largest absolute Gasteiger partial charge is 0.444 e. The van der Waals surface area contributed by atoms with E-state index < -0.39 is 47.4 Å². The number of alkyl carbamates (subject to hydrolysis) is 2. The molecule has 0 unspecified atom stereocenters. The van der Waals surface area contributed by atoms with Gasteiger partial charge in [0.25, 0.3) is 22.6 Å². The molecule has 11 aromatic rings. The van der Waals surface area contributed by atoms with Crippen LogP contribution in [0.4, 0.5) is 15.4 Å². The molecule has 11 rings (SSSR count). The third kappa shape index (κ3) is 19.0. The molecule has 6 aromatic carbocycles. The third-order valence-electron chi connectivity index (χ3n) is 15.2. The number of aromatic nitrogens is 6. The zero-order valence-corrected chi connectivity index (χ0v) is 59.2. The molecule has 0 radical (unpaired) electrons. The summed E-state index contributed by atoms with van der Waals surface area (Å²) in [7, 11) is 0. The number of hydrogen-bond acceptors (Lipinski definition) is 11. The average molecular weight is 1380 g/mol. The number of benzene rings is 6. The monoisotopic (exact) mass is 1380 g/mol. The maximum atomic E-state index is 14.1. The van der Waals surface area contributed by atoms with Gasteiger partial charge in [-0.25, -0.2) is 19.1 Å². The number of carbonyl (C=O) groups is 3. The molecule has 3 atom stereocenters. The number of amides is 3. The van der Waals surface area contributed by atoms with Crippen LogP contribution in [0.3, 0.4) is 0 Å². The standard InChI is InChI=1S/C30H28N6O2.C28H32N2O3.C22H23ClN2O3.2CH4/c1-19(33-28(37)25-26(31)34-35-17-9-16-32-27(25)35)23-18-21-11-8-10-20(14-15-30(2,3)4)24(21)29(38)36(23)22-12-6-5-7-13-22;1-19(29-26(32)33-28(5,6)7)23-18-21-13-11-12-20(16-17-27(2,3)4)24(21)25(31)30(23)22-14-9-8-10-15-22;1-14(24-21(27)28-22(2,3)4)18-13-15-9-8-12-17(23)19(15)20(26)25(18)16-10-6-5-7-11-16;;/h5-13,16-19H,1-4H3,(H2,31,34)(H,33,37);8-15,18-19H,1-7H3,(H,29,32);5-14H,1-4H3,(H,24,27);2*1H4/t2*19-;14-;;/m000../s1. The van der Waals surface area contributed by atoms with E-state index in [9.17, 15) is 28.8 Å². The van der Waals surface area contributed by atoms with E-state index in [-0.39, 0.29) is 53.7 Å². The summed E-state index contributed by atoms with van der Waals surface area (Å²) < 4.78 is 17.1. The topological polar surface area (TPSA) is 228 Å². The number of nitrogen functional groups attached to an aromatic ring is 1. The van der Waals surface area contributed by atoms with E-state index in [4.69, 9.17) is 26.8 Å². The van der Waals surface area contributed by atoms with Gasteiger partial charge >= 0.3 is 12.2 Å². The van der Waals surface area contributed by atoms with Gasteiger partial charge in [0.1, 0.15) is 16.8 Å². The van der Waals surface area contributed by atoms with E-state index in [0.29, 0.717) is 66.4 Å². The molecule has 5 N–H and O–H groups in total. The number of nitrogens with zero attached hydrogens (tertiary/aromatic N) is 6. The number of pyridine rings is 3. The van der Waals surface area contributed by atoms with Gasteiger partial charge in [0.05, 0.1) is 39.3 Å². The summed E-state index contributed by atoms with van der Waals surface area (Å²) in [5.74, 6) is 12.5. The molecule has 524 valence electrons. The number of ether oxygens (including phenoxy) is 2. The molecule has 0 saturated carbocycles. The number of fused-ring (bicyclic) bond motifs is 4. The van der Waals surface area contributed by atoms with Crippen molar-refractivity contribution in [1.29, 1.82) is 0 Å². The molecule has 0 fully saturated rings. The average Bonchev–Trinajstić information content (AvgIpc) is 1.42. The Morgan fingerprint density at radius 3 is 1.22 bits per heavy atom. The molecule has 0 bridgehead atoms. The summed E-state index contributed by atoms with van der Waals surface area (Å²) in [4.78, 5) is 83.6. The predicted octanol–water partition coefficient (Wildman–Crippen LogP) is 17.0. The van der Waals surface area contributed by atoms with Gasteiger partial charge in [-0.2, -0.15) is 0 Å². The van der Waals surface area contributed by atoms with Crippen molar-refractivity contribution >= 4 is 73.5 Å². The lowest BCUT2D eigenvalue weighted by Gasteiger charge is -2.24. The van der Waals surface area contributed by atoms with Crippen LogP contribution >= 0.6 is 11.6 Å². The molecule has 5 heterocycles. The summed E-state index contributed by atoms with van der Waals surface area (Å²) in [5.41, 5.74) is 9.73. The fraction of sp³-hybridized carbons (Fsp3) is 0.293. The fourth-order valence-corrected chi connectivity index (χ4v) is 11.2. The van der Waals surface area contributed by atoms with Gasteiger partial charge in [0.2, 0.25) is 0 Å². The van der Waals surface area contributed by atoms with Crippen molar-refractivity contribution < 1.29 is 23.9 Å². The van der Waals surface area contributed by atoms with Gasteiger partial charge in [0.15, 0.2) is 11.5 Å². The van der Waals surface area contributed by atoms with Gasteiger partial charge in [-0.3, -0.25) is 32.9 Å². The van der Waals surface area contributed by atoms with Crippen molar-refractivity contribution in [2.45, 2.75) is 148 Å². The van der Waals surface area contributed by atoms with Crippen molar-refractivity contribution in [2.75, 3.05) is 5.73 Å². The molecule has 101 heavy (non-hydrogen) atoms. The molecule has 18 nitrogen and oxygen atoms in total. The van der Waals surface area contributed by atoms with Gasteiger partial charge in [-0.15, -0.1) is 5.10 Å². The molecule has 5 aromatic heterocycles. The van der Waals surface area contributed by atoms with Crippen LogP contribution in [0.5, 0.6) is 0 Å². The van der Waals surface area contributed by atoms with E-state index in [1.54, 1.807) is 65.1 Å². The number of rotatable bonds is 10. The minimum atomic E-state index is -0.618. The second-order valence-corrected chi connectivity index (χ2v) is 28.4. The highest BCUT2D eigenvalue weighted by atomic mass is 35.5. The normalized spacial score (nSPS) is 12.2. The second kappa shape index (κ2) is 31.8. The zero-order chi connectivity index (χ0) is 71.9. The van der Waals surface area contributed by atoms with E-state index in [1.165, 1.54) is 4.52 Å². The highest BCUT2D eigenvalue weighted by molar-refractivity contribution is 6.35. The third-order valence-corrected chi connectivity index (χ3v) is 15.5. The second-order valence-electron chi connectivity index (χ2n) is 28.0. The predicted molar refractivity (Wildman–Crippen MR) is 409 cm³/mol. The Bertz CT molecular complexity index is 5170. The van der Waals surface area contributed by atoms with Crippen molar-refractivity contribution in [3.63, 3.8) is 0 Å². The number of anilines is 1. The Balaban J connectivity index is 0.000000213. The number of para-hydroxylation sites is 3. The SMILES string of the molecule is C.C.C[C@H](NC(=O)OC(C)(C)C)c1cc2cccc(C#CC(C)(C)C)c2c(=O)n1-c1ccccc1.C[C@H](NC(=O)OC(C)(C)C)c1cc2cccc(Cl)c2c(=O)n1-c1ccccc1.C[C@H](NC(=O)c1c(N)nn2cccnc12)c1cc2cccc(C#CC(C)(C)C)c2c(=O)n1-c1ccccc1. The molecule has 19 heteroatoms. The first-order valence-corrected chi connectivity index (χ1v) is 32.9. The zero-order valence-electron chi connectivity index (χ0n) is 58.5. The summed E-state index contributed by atoms with van der Waals surface area (Å²) in [6.45, 7) is 28.5. The number of carbonyl (C=O) groups excluding carboxylic acids is 3. The summed E-state index contributed by atoms with van der Waals surface area (Å²) >= 11 is 6.31. The molecular formula is C82H91ClN10O8. The quantitative estimate of drug-likeness (QED) is 0.0942. The molecule has 0 aliphatic carbocycles. The first-order chi connectivity index (χ1) is 46.7. The van der Waals surface area contributed by atoms with Crippen LogP contribution in [0.2, 0.25) is 5.02 Å². The Labute approximate surface area is 595 Å². The van der Waals surface area contributed by atoms with Crippen LogP contribution in [0.25, 0.3) is 55.0 Å². The number of nitrogens with one attached hydrogen (secondary N) is 3. The van der Waals surface area contributed by atoms with Crippen molar-refractivity contribution in [1.82, 2.24) is 44.2 Å². The first-order valence-electron chi connectivity index (χ1n) is 32.5. The maximum absolute atomic E-state index is 14.1. The van der Waals surface area contributed by atoms with Gasteiger partial charge in [0, 0.05) is 68.5 Å². The fourth-order valence-electron chi connectivity index (χ4n) is 10.9. The maximum Gasteiger partial charge on any atom is 0.408 e. The smallest absolute Gasteiger partial charge is 0.408 e. The van der Waals surface area contributed by atoms with E-state index in [0.717, 1.165) is 21.8 Å².